The topological polar surface area (TPSA) is 71.9 Å². The highest BCUT2D eigenvalue weighted by molar-refractivity contribution is 6.31. The molecule has 0 saturated carbocycles. The van der Waals surface area contributed by atoms with E-state index in [1.54, 1.807) is 31.4 Å². The van der Waals surface area contributed by atoms with Crippen molar-refractivity contribution in [3.63, 3.8) is 0 Å². The van der Waals surface area contributed by atoms with Crippen LogP contribution in [0.5, 0.6) is 5.75 Å². The number of hydrogen-bond donors (Lipinski definition) is 3. The van der Waals surface area contributed by atoms with Crippen LogP contribution in [0.1, 0.15) is 6.92 Å². The maximum absolute atomic E-state index is 13.2. The fourth-order valence-electron chi connectivity index (χ4n) is 2.45. The molecule has 0 aliphatic heterocycles. The van der Waals surface area contributed by atoms with Crippen LogP contribution in [0.3, 0.4) is 0 Å². The fourth-order valence-corrected chi connectivity index (χ4v) is 2.63. The van der Waals surface area contributed by atoms with Gasteiger partial charge >= 0.3 is 0 Å². The number of methoxy groups -OCH3 is 1. The van der Waals surface area contributed by atoms with Gasteiger partial charge in [-0.15, -0.1) is 0 Å². The van der Waals surface area contributed by atoms with Crippen LogP contribution in [0.2, 0.25) is 5.02 Å². The minimum Gasteiger partial charge on any atom is -0.497 e. The fraction of sp³-hybridized carbons (Fsp3) is 0.263. The number of hydrogen-bond acceptors (Lipinski definition) is 3. The summed E-state index contributed by atoms with van der Waals surface area (Å²) in [6.45, 7) is 2.70. The van der Waals surface area contributed by atoms with Gasteiger partial charge in [0.25, 0.3) is 11.8 Å². The van der Waals surface area contributed by atoms with E-state index >= 15 is 0 Å². The molecule has 0 heterocycles. The van der Waals surface area contributed by atoms with Gasteiger partial charge in [0.05, 0.1) is 18.7 Å². The van der Waals surface area contributed by atoms with Crippen molar-refractivity contribution in [3.05, 3.63) is 53.3 Å². The van der Waals surface area contributed by atoms with Crippen LogP contribution >= 0.6 is 11.6 Å². The molecule has 0 bridgehead atoms. The highest BCUT2D eigenvalue weighted by Crippen LogP contribution is 2.19. The lowest BCUT2D eigenvalue weighted by Gasteiger charge is -2.17. The lowest BCUT2D eigenvalue weighted by atomic mass is 10.3. The first-order chi connectivity index (χ1) is 12.9. The summed E-state index contributed by atoms with van der Waals surface area (Å²) in [5, 5.41) is 5.38. The lowest BCUT2D eigenvalue weighted by molar-refractivity contribution is -0.881. The Morgan fingerprint density at radius 1 is 1.07 bits per heavy atom. The molecule has 0 aliphatic carbocycles. The molecule has 8 heteroatoms. The summed E-state index contributed by atoms with van der Waals surface area (Å²) >= 11 is 5.70. The van der Waals surface area contributed by atoms with Crippen LogP contribution in [0.25, 0.3) is 0 Å². The van der Waals surface area contributed by atoms with E-state index in [0.717, 1.165) is 4.90 Å². The highest BCUT2D eigenvalue weighted by atomic mass is 35.5. The number of amides is 2. The van der Waals surface area contributed by atoms with Crippen LogP contribution < -0.4 is 20.3 Å². The summed E-state index contributed by atoms with van der Waals surface area (Å²) in [7, 11) is 1.55. The average Bonchev–Trinajstić information content (AvgIpc) is 2.64. The number of benzene rings is 2. The molecule has 1 atom stereocenters. The molecule has 0 saturated heterocycles. The largest absolute Gasteiger partial charge is 0.497 e. The standard InChI is InChI=1S/C19H21ClFN3O3/c1-3-24(11-18(25)22-13-5-4-6-15(9-13)27-2)12-19(26)23-14-7-8-17(21)16(20)10-14/h4-10H,3,11-12H2,1-2H3,(H,22,25)(H,23,26)/p+1. The summed E-state index contributed by atoms with van der Waals surface area (Å²) in [5.41, 5.74) is 1.03. The first-order valence-corrected chi connectivity index (χ1v) is 8.81. The summed E-state index contributed by atoms with van der Waals surface area (Å²) in [5.74, 6) is -0.407. The Bertz CT molecular complexity index is 817. The second-order valence-corrected chi connectivity index (χ2v) is 6.32. The molecule has 0 radical (unpaired) electrons. The summed E-state index contributed by atoms with van der Waals surface area (Å²) < 4.78 is 18.3. The third-order valence-electron chi connectivity index (χ3n) is 3.88. The molecule has 2 aromatic rings. The van der Waals surface area contributed by atoms with E-state index < -0.39 is 5.82 Å². The second kappa shape index (κ2) is 9.89. The number of nitrogens with one attached hydrogen (secondary N) is 3. The van der Waals surface area contributed by atoms with Crippen LogP contribution in [0.15, 0.2) is 42.5 Å². The molecule has 2 aromatic carbocycles. The first kappa shape index (κ1) is 20.7. The predicted molar refractivity (Wildman–Crippen MR) is 103 cm³/mol. The number of halogens is 2. The number of ether oxygens (including phenoxy) is 1. The third kappa shape index (κ3) is 6.54. The molecule has 2 rings (SSSR count). The monoisotopic (exact) mass is 394 g/mol. The van der Waals surface area contributed by atoms with Gasteiger partial charge in [-0.25, -0.2) is 4.39 Å². The molecule has 1 unspecified atom stereocenters. The molecule has 144 valence electrons. The van der Waals surface area contributed by atoms with E-state index in [2.05, 4.69) is 10.6 Å². The van der Waals surface area contributed by atoms with Crippen LogP contribution in [0.4, 0.5) is 15.8 Å². The average molecular weight is 395 g/mol. The number of likely N-dealkylation sites (N-methyl/N-ethyl adjacent to an activating group) is 1. The van der Waals surface area contributed by atoms with Gasteiger partial charge in [-0.05, 0) is 37.3 Å². The number of quaternary nitrogens is 1. The van der Waals surface area contributed by atoms with Gasteiger partial charge in [-0.1, -0.05) is 17.7 Å². The molecular formula is C19H22ClFN3O3+. The van der Waals surface area contributed by atoms with Crippen molar-refractivity contribution in [2.45, 2.75) is 6.92 Å². The van der Waals surface area contributed by atoms with Crippen LogP contribution in [-0.2, 0) is 9.59 Å². The lowest BCUT2D eigenvalue weighted by Crippen LogP contribution is -3.13. The maximum Gasteiger partial charge on any atom is 0.279 e. The number of rotatable bonds is 8. The molecule has 0 spiro atoms. The molecule has 0 aromatic heterocycles. The van der Waals surface area contributed by atoms with Crippen molar-refractivity contribution >= 4 is 34.8 Å². The third-order valence-corrected chi connectivity index (χ3v) is 4.17. The van der Waals surface area contributed by atoms with E-state index in [1.807, 2.05) is 6.92 Å². The van der Waals surface area contributed by atoms with Crippen molar-refractivity contribution in [3.8, 4) is 5.75 Å². The molecule has 2 amide bonds. The zero-order valence-electron chi connectivity index (χ0n) is 15.1. The minimum atomic E-state index is -0.551. The van der Waals surface area contributed by atoms with E-state index in [4.69, 9.17) is 16.3 Å². The van der Waals surface area contributed by atoms with Gasteiger partial charge in [0.2, 0.25) is 0 Å². The Hall–Kier alpha value is -2.64. The van der Waals surface area contributed by atoms with Gasteiger partial charge in [0.15, 0.2) is 13.1 Å². The van der Waals surface area contributed by atoms with Crippen molar-refractivity contribution < 1.29 is 23.6 Å². The van der Waals surface area contributed by atoms with Gasteiger partial charge < -0.3 is 20.3 Å². The van der Waals surface area contributed by atoms with Gasteiger partial charge in [0.1, 0.15) is 11.6 Å². The zero-order valence-corrected chi connectivity index (χ0v) is 15.9. The van der Waals surface area contributed by atoms with Crippen molar-refractivity contribution in [1.29, 1.82) is 0 Å². The van der Waals surface area contributed by atoms with Gasteiger partial charge in [-0.2, -0.15) is 0 Å². The molecule has 27 heavy (non-hydrogen) atoms. The summed E-state index contributed by atoms with van der Waals surface area (Å²) in [4.78, 5) is 25.2. The van der Waals surface area contributed by atoms with E-state index in [-0.39, 0.29) is 29.9 Å². The molecule has 0 aliphatic rings. The number of carbonyl (C=O) groups is 2. The van der Waals surface area contributed by atoms with Crippen molar-refractivity contribution in [1.82, 2.24) is 0 Å². The number of anilines is 2. The van der Waals surface area contributed by atoms with Gasteiger partial charge in [0, 0.05) is 17.4 Å². The second-order valence-electron chi connectivity index (χ2n) is 5.91. The van der Waals surface area contributed by atoms with Gasteiger partial charge in [-0.3, -0.25) is 9.59 Å². The smallest absolute Gasteiger partial charge is 0.279 e. The van der Waals surface area contributed by atoms with Crippen molar-refractivity contribution in [2.24, 2.45) is 0 Å². The molecule has 3 N–H and O–H groups in total. The SMILES string of the molecule is CC[NH+](CC(=O)Nc1cccc(OC)c1)CC(=O)Nc1ccc(F)c(Cl)c1. The van der Waals surface area contributed by atoms with E-state index in [9.17, 15) is 14.0 Å². The Kier molecular flexibility index (Phi) is 7.57. The Balaban J connectivity index is 1.88. The van der Waals surface area contributed by atoms with Crippen LogP contribution in [0, 0.1) is 5.82 Å². The summed E-state index contributed by atoms with van der Waals surface area (Å²) in [6, 6.07) is 11.0. The highest BCUT2D eigenvalue weighted by Gasteiger charge is 2.17. The molecule has 6 nitrogen and oxygen atoms in total. The van der Waals surface area contributed by atoms with Crippen LogP contribution in [-0.4, -0.2) is 38.6 Å². The Labute approximate surface area is 162 Å². The number of carbonyl (C=O) groups excluding carboxylic acids is 2. The Morgan fingerprint density at radius 2 is 1.70 bits per heavy atom. The van der Waals surface area contributed by atoms with E-state index in [0.29, 0.717) is 23.7 Å². The minimum absolute atomic E-state index is 0.0647. The Morgan fingerprint density at radius 3 is 2.26 bits per heavy atom. The zero-order chi connectivity index (χ0) is 19.8. The molecule has 0 fully saturated rings. The normalized spacial score (nSPS) is 11.6. The quantitative estimate of drug-likeness (QED) is 0.641. The van der Waals surface area contributed by atoms with E-state index in [1.165, 1.54) is 18.2 Å². The summed E-state index contributed by atoms with van der Waals surface area (Å²) in [6.07, 6.45) is 0. The molecular weight excluding hydrogens is 373 g/mol. The predicted octanol–water partition coefficient (Wildman–Crippen LogP) is 1.97. The first-order valence-electron chi connectivity index (χ1n) is 8.43. The maximum atomic E-state index is 13.2. The van der Waals surface area contributed by atoms with Crippen molar-refractivity contribution in [2.75, 3.05) is 37.4 Å².